The van der Waals surface area contributed by atoms with Crippen LogP contribution in [0.25, 0.3) is 97.6 Å². The fourth-order valence-electron chi connectivity index (χ4n) is 7.85. The molecule has 7 aromatic carbocycles. The van der Waals surface area contributed by atoms with Gasteiger partial charge in [0.05, 0.1) is 43.5 Å². The molecule has 0 radical (unpaired) electrons. The normalized spacial score (nSPS) is 12.1. The smallest absolute Gasteiger partial charge is 0.165 e. The zero-order valence-electron chi connectivity index (χ0n) is 26.2. The summed E-state index contributed by atoms with van der Waals surface area (Å²) in [7, 11) is 0. The van der Waals surface area contributed by atoms with Crippen molar-refractivity contribution in [3.05, 3.63) is 158 Å². The molecule has 0 saturated heterocycles. The van der Waals surface area contributed by atoms with E-state index in [9.17, 15) is 0 Å². The zero-order chi connectivity index (χ0) is 32.1. The van der Waals surface area contributed by atoms with Gasteiger partial charge in [0, 0.05) is 42.6 Å². The number of thiophene rings is 1. The first-order valence-corrected chi connectivity index (χ1v) is 17.3. The molecule has 11 rings (SSSR count). The third-order valence-corrected chi connectivity index (χ3v) is 11.1. The molecule has 11 aromatic rings. The second kappa shape index (κ2) is 10.1. The largest absolute Gasteiger partial charge is 0.308 e. The second-order valence-electron chi connectivity index (χ2n) is 12.6. The minimum atomic E-state index is 0.828. The molecule has 0 fully saturated rings. The van der Waals surface area contributed by atoms with Gasteiger partial charge in [-0.1, -0.05) is 109 Å². The minimum absolute atomic E-state index is 0.828. The maximum atomic E-state index is 5.34. The van der Waals surface area contributed by atoms with Crippen molar-refractivity contribution < 1.29 is 0 Å². The van der Waals surface area contributed by atoms with E-state index in [2.05, 4.69) is 143 Å². The summed E-state index contributed by atoms with van der Waals surface area (Å²) < 4.78 is 7.40. The molecule has 0 aliphatic carbocycles. The molecule has 4 heterocycles. The van der Waals surface area contributed by atoms with Gasteiger partial charge in [0.25, 0.3) is 0 Å². The molecule has 0 spiro atoms. The van der Waals surface area contributed by atoms with Crippen molar-refractivity contribution in [2.45, 2.75) is 0 Å². The molecular formula is C44H26N4S. The van der Waals surface area contributed by atoms with E-state index in [1.165, 1.54) is 58.4 Å². The van der Waals surface area contributed by atoms with Gasteiger partial charge in [0.1, 0.15) is 5.69 Å². The van der Waals surface area contributed by atoms with Gasteiger partial charge in [-0.3, -0.25) is 4.57 Å². The van der Waals surface area contributed by atoms with Crippen LogP contribution in [0, 0.1) is 0 Å². The topological polar surface area (TPSA) is 35.6 Å². The fourth-order valence-corrected chi connectivity index (χ4v) is 9.06. The molecule has 0 saturated carbocycles. The molecule has 0 unspecified atom stereocenters. The van der Waals surface area contributed by atoms with Crippen LogP contribution in [0.5, 0.6) is 0 Å². The van der Waals surface area contributed by atoms with Crippen LogP contribution in [-0.2, 0) is 0 Å². The van der Waals surface area contributed by atoms with Gasteiger partial charge < -0.3 is 4.57 Å². The number of para-hydroxylation sites is 4. The standard InChI is InChI=1S/C44H26N4S/c1-2-13-27(14-3-1)42-44(46-33-20-8-7-19-32(33)45-42)48-35-22-10-5-17-31(35)41-37(48)26-25-36-40(41)30-16-4-9-21-34(30)47(36)38-23-12-18-29-28-15-6-11-24-39(28)49-43(29)38/h1-26H. The lowest BCUT2D eigenvalue weighted by Crippen LogP contribution is -2.03. The van der Waals surface area contributed by atoms with E-state index in [0.29, 0.717) is 0 Å². The Balaban J connectivity index is 1.30. The van der Waals surface area contributed by atoms with E-state index < -0.39 is 0 Å². The fraction of sp³-hybridized carbons (Fsp3) is 0. The highest BCUT2D eigenvalue weighted by atomic mass is 32.1. The van der Waals surface area contributed by atoms with Crippen molar-refractivity contribution >= 4 is 86.2 Å². The van der Waals surface area contributed by atoms with E-state index in [0.717, 1.165) is 39.1 Å². The molecule has 0 aliphatic heterocycles. The molecule has 0 bridgehead atoms. The Bertz CT molecular complexity index is 3110. The Hall–Kier alpha value is -6.30. The SMILES string of the molecule is c1ccc(-c2nc3ccccc3nc2-n2c3ccccc3c3c4c5ccccc5n(-c5cccc6c5sc5ccccc56)c4ccc32)cc1. The Morgan fingerprint density at radius 2 is 0.980 bits per heavy atom. The maximum Gasteiger partial charge on any atom is 0.165 e. The molecule has 4 nitrogen and oxygen atoms in total. The van der Waals surface area contributed by atoms with E-state index in [1.54, 1.807) is 0 Å². The van der Waals surface area contributed by atoms with Crippen LogP contribution in [0.4, 0.5) is 0 Å². The molecule has 228 valence electrons. The second-order valence-corrected chi connectivity index (χ2v) is 13.6. The van der Waals surface area contributed by atoms with Gasteiger partial charge in [-0.2, -0.15) is 0 Å². The summed E-state index contributed by atoms with van der Waals surface area (Å²) in [4.78, 5) is 10.6. The summed E-state index contributed by atoms with van der Waals surface area (Å²) in [6.45, 7) is 0. The van der Waals surface area contributed by atoms with E-state index in [4.69, 9.17) is 9.97 Å². The number of rotatable bonds is 3. The Labute approximate surface area is 284 Å². The Morgan fingerprint density at radius 3 is 1.73 bits per heavy atom. The molecule has 0 atom stereocenters. The number of fused-ring (bicyclic) bond motifs is 11. The van der Waals surface area contributed by atoms with Crippen LogP contribution in [0.15, 0.2) is 158 Å². The van der Waals surface area contributed by atoms with E-state index in [-0.39, 0.29) is 0 Å². The molecule has 0 amide bonds. The van der Waals surface area contributed by atoms with Crippen LogP contribution >= 0.6 is 11.3 Å². The number of benzene rings is 7. The summed E-state index contributed by atoms with van der Waals surface area (Å²) in [5, 5.41) is 7.50. The summed E-state index contributed by atoms with van der Waals surface area (Å²) in [5.74, 6) is 0.828. The third kappa shape index (κ3) is 3.73. The van der Waals surface area contributed by atoms with Crippen molar-refractivity contribution in [1.29, 1.82) is 0 Å². The van der Waals surface area contributed by atoms with Crippen LogP contribution in [0.3, 0.4) is 0 Å². The average Bonchev–Trinajstić information content (AvgIpc) is 3.82. The van der Waals surface area contributed by atoms with E-state index >= 15 is 0 Å². The van der Waals surface area contributed by atoms with Gasteiger partial charge in [-0.05, 0) is 48.5 Å². The van der Waals surface area contributed by atoms with Crippen molar-refractivity contribution in [3.8, 4) is 22.8 Å². The Kier molecular flexibility index (Phi) is 5.51. The highest BCUT2D eigenvalue weighted by Crippen LogP contribution is 2.45. The van der Waals surface area contributed by atoms with Gasteiger partial charge >= 0.3 is 0 Å². The summed E-state index contributed by atoms with van der Waals surface area (Å²) in [6, 6.07) is 56.2. The summed E-state index contributed by atoms with van der Waals surface area (Å²) >= 11 is 1.87. The molecule has 5 heteroatoms. The molecular weight excluding hydrogens is 617 g/mol. The van der Waals surface area contributed by atoms with Gasteiger partial charge in [-0.15, -0.1) is 11.3 Å². The minimum Gasteiger partial charge on any atom is -0.308 e. The zero-order valence-corrected chi connectivity index (χ0v) is 27.0. The number of hydrogen-bond acceptors (Lipinski definition) is 3. The molecule has 49 heavy (non-hydrogen) atoms. The predicted octanol–water partition coefficient (Wildman–Crippen LogP) is 11.9. The molecule has 0 N–H and O–H groups in total. The van der Waals surface area contributed by atoms with E-state index in [1.807, 2.05) is 35.6 Å². The summed E-state index contributed by atoms with van der Waals surface area (Å²) in [6.07, 6.45) is 0. The highest BCUT2D eigenvalue weighted by molar-refractivity contribution is 7.26. The summed E-state index contributed by atoms with van der Waals surface area (Å²) in [5.41, 5.74) is 9.46. The first-order valence-electron chi connectivity index (χ1n) is 16.5. The number of hydrogen-bond donors (Lipinski definition) is 0. The first-order chi connectivity index (χ1) is 24.3. The first kappa shape index (κ1) is 26.7. The third-order valence-electron chi connectivity index (χ3n) is 9.91. The van der Waals surface area contributed by atoms with Crippen LogP contribution in [0.1, 0.15) is 0 Å². The van der Waals surface area contributed by atoms with Crippen molar-refractivity contribution in [1.82, 2.24) is 19.1 Å². The number of nitrogens with zero attached hydrogens (tertiary/aromatic N) is 4. The predicted molar refractivity (Wildman–Crippen MR) is 207 cm³/mol. The van der Waals surface area contributed by atoms with Crippen LogP contribution in [-0.4, -0.2) is 19.1 Å². The van der Waals surface area contributed by atoms with Crippen LogP contribution in [0.2, 0.25) is 0 Å². The van der Waals surface area contributed by atoms with Gasteiger partial charge in [0.15, 0.2) is 5.82 Å². The lowest BCUT2D eigenvalue weighted by Gasteiger charge is -2.14. The monoisotopic (exact) mass is 642 g/mol. The van der Waals surface area contributed by atoms with Crippen molar-refractivity contribution in [2.75, 3.05) is 0 Å². The lowest BCUT2D eigenvalue weighted by molar-refractivity contribution is 1.08. The van der Waals surface area contributed by atoms with Crippen molar-refractivity contribution in [3.63, 3.8) is 0 Å². The van der Waals surface area contributed by atoms with Gasteiger partial charge in [0.2, 0.25) is 0 Å². The highest BCUT2D eigenvalue weighted by Gasteiger charge is 2.24. The molecule has 0 aliphatic rings. The average molecular weight is 643 g/mol. The van der Waals surface area contributed by atoms with Crippen molar-refractivity contribution in [2.24, 2.45) is 0 Å². The Morgan fingerprint density at radius 1 is 0.408 bits per heavy atom. The van der Waals surface area contributed by atoms with Crippen LogP contribution < -0.4 is 0 Å². The molecule has 4 aromatic heterocycles. The van der Waals surface area contributed by atoms with Gasteiger partial charge in [-0.25, -0.2) is 9.97 Å². The quantitative estimate of drug-likeness (QED) is 0.192. The maximum absolute atomic E-state index is 5.34. The number of aromatic nitrogens is 4. The lowest BCUT2D eigenvalue weighted by atomic mass is 10.1.